The van der Waals surface area contributed by atoms with E-state index in [1.807, 2.05) is 12.2 Å². The third kappa shape index (κ3) is 3.12. The van der Waals surface area contributed by atoms with Crippen LogP contribution in [-0.4, -0.2) is 42.5 Å². The molecule has 6 heteroatoms. The van der Waals surface area contributed by atoms with Crippen LogP contribution in [0.3, 0.4) is 0 Å². The van der Waals surface area contributed by atoms with Crippen molar-refractivity contribution in [1.29, 1.82) is 0 Å². The molecule has 2 rings (SSSR count). The highest BCUT2D eigenvalue weighted by molar-refractivity contribution is 5.77. The summed E-state index contributed by atoms with van der Waals surface area (Å²) >= 11 is 0. The van der Waals surface area contributed by atoms with Crippen LogP contribution >= 0.6 is 0 Å². The van der Waals surface area contributed by atoms with Crippen LogP contribution in [0, 0.1) is 5.92 Å². The zero-order valence-electron chi connectivity index (χ0n) is 12.2. The summed E-state index contributed by atoms with van der Waals surface area (Å²) in [6.45, 7) is 7.40. The van der Waals surface area contributed by atoms with Crippen LogP contribution in [0.15, 0.2) is 12.2 Å². The molecule has 4 unspecified atom stereocenters. The van der Waals surface area contributed by atoms with Crippen LogP contribution in [0.25, 0.3) is 0 Å². The van der Waals surface area contributed by atoms with E-state index in [1.165, 1.54) is 0 Å². The summed E-state index contributed by atoms with van der Waals surface area (Å²) in [6.07, 6.45) is 2.49. The normalized spacial score (nSPS) is 31.2. The van der Waals surface area contributed by atoms with Gasteiger partial charge in [0.1, 0.15) is 11.5 Å². The van der Waals surface area contributed by atoms with Gasteiger partial charge in [-0.3, -0.25) is 4.79 Å². The van der Waals surface area contributed by atoms with Crippen LogP contribution in [0.1, 0.15) is 27.7 Å². The van der Waals surface area contributed by atoms with Gasteiger partial charge in [0.05, 0.1) is 24.9 Å². The Labute approximate surface area is 118 Å². The molecule has 20 heavy (non-hydrogen) atoms. The third-order valence-corrected chi connectivity index (χ3v) is 3.14. The summed E-state index contributed by atoms with van der Waals surface area (Å²) in [6, 6.07) is -0.445. The number of carbonyl (C=O) groups excluding carboxylic acids is 2. The number of nitrogens with one attached hydrogen (secondary N) is 1. The number of carbonyl (C=O) groups is 2. The zero-order valence-corrected chi connectivity index (χ0v) is 12.2. The number of esters is 1. The van der Waals surface area contributed by atoms with E-state index >= 15 is 0 Å². The van der Waals surface area contributed by atoms with Crippen LogP contribution in [0.4, 0.5) is 4.79 Å². The first-order valence-electron chi connectivity index (χ1n) is 6.82. The molecule has 2 aliphatic rings. The van der Waals surface area contributed by atoms with Gasteiger partial charge < -0.3 is 19.5 Å². The first-order chi connectivity index (χ1) is 9.31. The Morgan fingerprint density at radius 3 is 2.50 bits per heavy atom. The highest BCUT2D eigenvalue weighted by Crippen LogP contribution is 2.35. The van der Waals surface area contributed by atoms with E-state index in [0.29, 0.717) is 6.61 Å². The van der Waals surface area contributed by atoms with Crippen molar-refractivity contribution in [3.05, 3.63) is 12.2 Å². The summed E-state index contributed by atoms with van der Waals surface area (Å²) < 4.78 is 15.9. The molecule has 2 aliphatic heterocycles. The number of hydrogen-bond acceptors (Lipinski definition) is 5. The molecular formula is C14H21NO5. The summed E-state index contributed by atoms with van der Waals surface area (Å²) in [5.41, 5.74) is -0.585. The highest BCUT2D eigenvalue weighted by Gasteiger charge is 2.51. The maximum absolute atomic E-state index is 12.0. The van der Waals surface area contributed by atoms with Crippen LogP contribution in [-0.2, 0) is 19.0 Å². The Balaban J connectivity index is 2.03. The molecule has 2 heterocycles. The number of alkyl carbamates (subject to hydrolysis) is 1. The Kier molecular flexibility index (Phi) is 4.04. The van der Waals surface area contributed by atoms with E-state index < -0.39 is 23.7 Å². The minimum atomic E-state index is -0.585. The lowest BCUT2D eigenvalue weighted by molar-refractivity contribution is -0.149. The average molecular weight is 283 g/mol. The zero-order chi connectivity index (χ0) is 14.9. The molecule has 1 amide bonds. The molecule has 0 aromatic heterocycles. The Hall–Kier alpha value is -1.56. The van der Waals surface area contributed by atoms with Crippen molar-refractivity contribution in [2.45, 2.75) is 51.5 Å². The van der Waals surface area contributed by atoms with Gasteiger partial charge in [-0.15, -0.1) is 0 Å². The standard InChI is InChI=1S/C14H21NO5/c1-5-18-12(16)10-8-6-7-9(19-8)11(10)15-13(17)20-14(2,3)4/h6-11H,5H2,1-4H3,(H,15,17). The fourth-order valence-corrected chi connectivity index (χ4v) is 2.44. The van der Waals surface area contributed by atoms with Crippen LogP contribution in [0.2, 0.25) is 0 Å². The Morgan fingerprint density at radius 2 is 1.90 bits per heavy atom. The molecule has 0 aromatic rings. The van der Waals surface area contributed by atoms with Gasteiger partial charge in [0, 0.05) is 0 Å². The van der Waals surface area contributed by atoms with Gasteiger partial charge in [0.2, 0.25) is 0 Å². The molecule has 0 aliphatic carbocycles. The maximum atomic E-state index is 12.0. The third-order valence-electron chi connectivity index (χ3n) is 3.14. The predicted molar refractivity (Wildman–Crippen MR) is 71.1 cm³/mol. The van der Waals surface area contributed by atoms with Crippen molar-refractivity contribution in [2.24, 2.45) is 5.92 Å². The smallest absolute Gasteiger partial charge is 0.407 e. The lowest BCUT2D eigenvalue weighted by Gasteiger charge is -2.26. The van der Waals surface area contributed by atoms with Crippen molar-refractivity contribution < 1.29 is 23.8 Å². The second kappa shape index (κ2) is 5.44. The van der Waals surface area contributed by atoms with E-state index in [-0.39, 0.29) is 18.2 Å². The van der Waals surface area contributed by atoms with E-state index in [9.17, 15) is 9.59 Å². The largest absolute Gasteiger partial charge is 0.466 e. The Bertz CT molecular complexity index is 426. The van der Waals surface area contributed by atoms with E-state index in [1.54, 1.807) is 27.7 Å². The van der Waals surface area contributed by atoms with Crippen molar-refractivity contribution in [3.63, 3.8) is 0 Å². The topological polar surface area (TPSA) is 73.9 Å². The summed E-state index contributed by atoms with van der Waals surface area (Å²) in [5, 5.41) is 2.72. The number of fused-ring (bicyclic) bond motifs is 2. The van der Waals surface area contributed by atoms with Crippen molar-refractivity contribution >= 4 is 12.1 Å². The lowest BCUT2D eigenvalue weighted by atomic mass is 9.89. The van der Waals surface area contributed by atoms with Gasteiger partial charge >= 0.3 is 12.1 Å². The molecule has 0 aromatic carbocycles. The molecule has 4 atom stereocenters. The van der Waals surface area contributed by atoms with Gasteiger partial charge in [-0.2, -0.15) is 0 Å². The van der Waals surface area contributed by atoms with Crippen molar-refractivity contribution in [2.75, 3.05) is 6.61 Å². The average Bonchev–Trinajstić information content (AvgIpc) is 2.86. The number of rotatable bonds is 3. The van der Waals surface area contributed by atoms with Gasteiger partial charge in [0.15, 0.2) is 0 Å². The number of ether oxygens (including phenoxy) is 3. The maximum Gasteiger partial charge on any atom is 0.407 e. The molecule has 2 bridgehead atoms. The molecule has 112 valence electrons. The van der Waals surface area contributed by atoms with E-state index in [4.69, 9.17) is 14.2 Å². The number of amides is 1. The first-order valence-corrected chi connectivity index (χ1v) is 6.82. The first kappa shape index (κ1) is 14.8. The van der Waals surface area contributed by atoms with Crippen LogP contribution in [0.5, 0.6) is 0 Å². The Morgan fingerprint density at radius 1 is 1.25 bits per heavy atom. The molecule has 6 nitrogen and oxygen atoms in total. The highest BCUT2D eigenvalue weighted by atomic mass is 16.6. The molecule has 0 saturated carbocycles. The summed E-state index contributed by atoms with van der Waals surface area (Å²) in [5.74, 6) is -0.872. The second-order valence-electron chi connectivity index (χ2n) is 5.90. The minimum Gasteiger partial charge on any atom is -0.466 e. The summed E-state index contributed by atoms with van der Waals surface area (Å²) in [4.78, 5) is 23.8. The van der Waals surface area contributed by atoms with Crippen LogP contribution < -0.4 is 5.32 Å². The van der Waals surface area contributed by atoms with Gasteiger partial charge in [-0.05, 0) is 27.7 Å². The van der Waals surface area contributed by atoms with Gasteiger partial charge in [0.25, 0.3) is 0 Å². The molecular weight excluding hydrogens is 262 g/mol. The molecule has 0 spiro atoms. The van der Waals surface area contributed by atoms with Gasteiger partial charge in [-0.1, -0.05) is 12.2 Å². The second-order valence-corrected chi connectivity index (χ2v) is 5.90. The summed E-state index contributed by atoms with van der Waals surface area (Å²) in [7, 11) is 0. The van der Waals surface area contributed by atoms with Crippen molar-refractivity contribution in [3.8, 4) is 0 Å². The predicted octanol–water partition coefficient (Wildman–Crippen LogP) is 1.40. The van der Waals surface area contributed by atoms with E-state index in [0.717, 1.165) is 0 Å². The lowest BCUT2D eigenvalue weighted by Crippen LogP contribution is -2.50. The van der Waals surface area contributed by atoms with Crippen molar-refractivity contribution in [1.82, 2.24) is 5.32 Å². The molecule has 0 radical (unpaired) electrons. The molecule has 1 fully saturated rings. The molecule has 1 saturated heterocycles. The minimum absolute atomic E-state index is 0.301. The fourth-order valence-electron chi connectivity index (χ4n) is 2.44. The monoisotopic (exact) mass is 283 g/mol. The SMILES string of the molecule is CCOC(=O)C1C2C=CC(O2)C1NC(=O)OC(C)(C)C. The fraction of sp³-hybridized carbons (Fsp3) is 0.714. The quantitative estimate of drug-likeness (QED) is 0.626. The van der Waals surface area contributed by atoms with E-state index in [2.05, 4.69) is 5.32 Å². The van der Waals surface area contributed by atoms with Gasteiger partial charge in [-0.25, -0.2) is 4.79 Å². The number of hydrogen-bond donors (Lipinski definition) is 1. The molecule has 1 N–H and O–H groups in total.